The quantitative estimate of drug-likeness (QED) is 0.312. The van der Waals surface area contributed by atoms with Crippen molar-refractivity contribution in [3.63, 3.8) is 0 Å². The summed E-state index contributed by atoms with van der Waals surface area (Å²) in [4.78, 5) is 16.7. The van der Waals surface area contributed by atoms with E-state index < -0.39 is 5.97 Å². The number of hydrogen-bond donors (Lipinski definition) is 0. The van der Waals surface area contributed by atoms with Crippen LogP contribution < -0.4 is 9.47 Å². The molecule has 4 rings (SSSR count). The number of halogens is 2. The lowest BCUT2D eigenvalue weighted by atomic mass is 10.1. The normalized spacial score (nSPS) is 14.2. The molecule has 0 fully saturated rings. The summed E-state index contributed by atoms with van der Waals surface area (Å²) in [6.45, 7) is 4.31. The molecule has 3 aromatic rings. The summed E-state index contributed by atoms with van der Waals surface area (Å²) >= 11 is 6.47. The smallest absolute Gasteiger partial charge is 0.363 e. The van der Waals surface area contributed by atoms with Crippen molar-refractivity contribution in [2.45, 2.75) is 20.5 Å². The minimum atomic E-state index is -0.550. The van der Waals surface area contributed by atoms with Crippen molar-refractivity contribution in [3.8, 4) is 11.5 Å². The summed E-state index contributed by atoms with van der Waals surface area (Å²) in [6, 6.07) is 17.0. The van der Waals surface area contributed by atoms with Crippen LogP contribution in [0.15, 0.2) is 71.4 Å². The molecule has 7 heteroatoms. The van der Waals surface area contributed by atoms with E-state index in [1.807, 2.05) is 38.1 Å². The van der Waals surface area contributed by atoms with Crippen molar-refractivity contribution in [1.82, 2.24) is 0 Å². The third-order valence-electron chi connectivity index (χ3n) is 4.83. The van der Waals surface area contributed by atoms with E-state index >= 15 is 0 Å². The average molecular weight is 466 g/mol. The molecular formula is C26H21ClFNO4. The van der Waals surface area contributed by atoms with Gasteiger partial charge in [0.05, 0.1) is 11.6 Å². The Morgan fingerprint density at radius 3 is 2.61 bits per heavy atom. The fourth-order valence-corrected chi connectivity index (χ4v) is 3.52. The van der Waals surface area contributed by atoms with E-state index in [2.05, 4.69) is 4.99 Å². The highest BCUT2D eigenvalue weighted by Gasteiger charge is 2.24. The van der Waals surface area contributed by atoms with Gasteiger partial charge in [0.15, 0.2) is 17.2 Å². The average Bonchev–Trinajstić information content (AvgIpc) is 3.14. The molecule has 0 bridgehead atoms. The Bertz CT molecular complexity index is 1250. The van der Waals surface area contributed by atoms with E-state index in [1.54, 1.807) is 30.3 Å². The number of nitrogens with zero attached hydrogens (tertiary/aromatic N) is 1. The molecule has 0 aromatic heterocycles. The van der Waals surface area contributed by atoms with E-state index in [0.717, 1.165) is 5.56 Å². The largest absolute Gasteiger partial charge is 0.490 e. The zero-order valence-corrected chi connectivity index (χ0v) is 18.9. The standard InChI is InChI=1S/C26H21ClFNO4/c1-3-31-23-14-18(12-21(27)24(23)32-15-17-5-4-6-20(28)11-17)13-22-26(30)33-25(29-22)19-9-7-16(2)8-10-19/h4-14H,3,15H2,1-2H3/b22-13-. The van der Waals surface area contributed by atoms with E-state index in [1.165, 1.54) is 12.1 Å². The zero-order valence-electron chi connectivity index (χ0n) is 18.1. The first-order valence-electron chi connectivity index (χ1n) is 10.4. The van der Waals surface area contributed by atoms with E-state index in [4.69, 9.17) is 25.8 Å². The molecule has 168 valence electrons. The third-order valence-corrected chi connectivity index (χ3v) is 5.11. The summed E-state index contributed by atoms with van der Waals surface area (Å²) in [5, 5.41) is 0.290. The molecule has 0 spiro atoms. The predicted octanol–water partition coefficient (Wildman–Crippen LogP) is 6.11. The fraction of sp³-hybridized carbons (Fsp3) is 0.154. The Morgan fingerprint density at radius 2 is 1.88 bits per heavy atom. The summed E-state index contributed by atoms with van der Waals surface area (Å²) in [5.74, 6) is 0.0943. The molecule has 0 amide bonds. The lowest BCUT2D eigenvalue weighted by Crippen LogP contribution is -2.05. The van der Waals surface area contributed by atoms with Crippen LogP contribution >= 0.6 is 11.6 Å². The van der Waals surface area contributed by atoms with Crippen LogP contribution in [0.25, 0.3) is 6.08 Å². The molecular weight excluding hydrogens is 445 g/mol. The number of carbonyl (C=O) groups is 1. The van der Waals surface area contributed by atoms with Crippen LogP contribution in [0.2, 0.25) is 5.02 Å². The first kappa shape index (κ1) is 22.6. The van der Waals surface area contributed by atoms with Crippen molar-refractivity contribution in [3.05, 3.63) is 99.5 Å². The van der Waals surface area contributed by atoms with Crippen LogP contribution in [-0.4, -0.2) is 18.5 Å². The molecule has 0 saturated heterocycles. The van der Waals surface area contributed by atoms with Crippen LogP contribution in [0.3, 0.4) is 0 Å². The van der Waals surface area contributed by atoms with Gasteiger partial charge in [-0.25, -0.2) is 14.2 Å². The first-order chi connectivity index (χ1) is 15.9. The monoisotopic (exact) mass is 465 g/mol. The van der Waals surface area contributed by atoms with Crippen LogP contribution in [0.1, 0.15) is 29.2 Å². The van der Waals surface area contributed by atoms with Gasteiger partial charge in [-0.2, -0.15) is 0 Å². The zero-order chi connectivity index (χ0) is 23.4. The van der Waals surface area contributed by atoms with Gasteiger partial charge in [0.1, 0.15) is 12.4 Å². The number of benzene rings is 3. The number of ether oxygens (including phenoxy) is 3. The maximum atomic E-state index is 13.4. The van der Waals surface area contributed by atoms with E-state index in [0.29, 0.717) is 39.8 Å². The Kier molecular flexibility index (Phi) is 6.75. The van der Waals surface area contributed by atoms with Gasteiger partial charge in [0, 0.05) is 5.56 Å². The SMILES string of the molecule is CCOc1cc(/C=C2\N=C(c3ccc(C)cc3)OC2=O)cc(Cl)c1OCc1cccc(F)c1. The van der Waals surface area contributed by atoms with Crippen molar-refractivity contribution < 1.29 is 23.4 Å². The molecule has 0 saturated carbocycles. The van der Waals surface area contributed by atoms with Gasteiger partial charge in [-0.1, -0.05) is 41.4 Å². The maximum absolute atomic E-state index is 13.4. The highest BCUT2D eigenvalue weighted by molar-refractivity contribution is 6.32. The van der Waals surface area contributed by atoms with Gasteiger partial charge in [-0.05, 0) is 67.4 Å². The molecule has 1 aliphatic heterocycles. The summed E-state index contributed by atoms with van der Waals surface area (Å²) in [5.41, 5.74) is 3.22. The molecule has 33 heavy (non-hydrogen) atoms. The highest BCUT2D eigenvalue weighted by atomic mass is 35.5. The van der Waals surface area contributed by atoms with Crippen molar-refractivity contribution in [1.29, 1.82) is 0 Å². The second-order valence-corrected chi connectivity index (χ2v) is 7.79. The number of esters is 1. The number of aryl methyl sites for hydroxylation is 1. The lowest BCUT2D eigenvalue weighted by Gasteiger charge is -2.14. The molecule has 1 aliphatic rings. The minimum absolute atomic E-state index is 0.120. The molecule has 0 N–H and O–H groups in total. The number of rotatable bonds is 7. The van der Waals surface area contributed by atoms with Crippen LogP contribution in [0.4, 0.5) is 4.39 Å². The van der Waals surface area contributed by atoms with E-state index in [-0.39, 0.29) is 24.0 Å². The Balaban J connectivity index is 1.61. The number of hydrogen-bond acceptors (Lipinski definition) is 5. The predicted molar refractivity (Wildman–Crippen MR) is 125 cm³/mol. The van der Waals surface area contributed by atoms with Crippen molar-refractivity contribution >= 4 is 29.5 Å². The lowest BCUT2D eigenvalue weighted by molar-refractivity contribution is -0.129. The van der Waals surface area contributed by atoms with Crippen LogP contribution in [-0.2, 0) is 16.1 Å². The molecule has 0 unspecified atom stereocenters. The van der Waals surface area contributed by atoms with Crippen molar-refractivity contribution in [2.75, 3.05) is 6.61 Å². The first-order valence-corrected chi connectivity index (χ1v) is 10.7. The third kappa shape index (κ3) is 5.41. The summed E-state index contributed by atoms with van der Waals surface area (Å²) in [7, 11) is 0. The number of cyclic esters (lactones) is 1. The molecule has 0 radical (unpaired) electrons. The molecule has 1 heterocycles. The number of carbonyl (C=O) groups excluding carboxylic acids is 1. The summed E-state index contributed by atoms with van der Waals surface area (Å²) < 4.78 is 30.3. The second-order valence-electron chi connectivity index (χ2n) is 7.38. The maximum Gasteiger partial charge on any atom is 0.363 e. The van der Waals surface area contributed by atoms with Crippen molar-refractivity contribution in [2.24, 2.45) is 4.99 Å². The molecule has 5 nitrogen and oxygen atoms in total. The molecule has 0 atom stereocenters. The number of aliphatic imine (C=N–C) groups is 1. The highest BCUT2D eigenvalue weighted by Crippen LogP contribution is 2.38. The topological polar surface area (TPSA) is 57.1 Å². The van der Waals surface area contributed by atoms with Gasteiger partial charge in [-0.15, -0.1) is 0 Å². The van der Waals surface area contributed by atoms with Gasteiger partial charge in [-0.3, -0.25) is 0 Å². The Morgan fingerprint density at radius 1 is 1.09 bits per heavy atom. The molecule has 0 aliphatic carbocycles. The van der Waals surface area contributed by atoms with Gasteiger partial charge < -0.3 is 14.2 Å². The second kappa shape index (κ2) is 9.88. The van der Waals surface area contributed by atoms with Gasteiger partial charge in [0.2, 0.25) is 5.90 Å². The molecule has 3 aromatic carbocycles. The summed E-state index contributed by atoms with van der Waals surface area (Å²) in [6.07, 6.45) is 1.58. The van der Waals surface area contributed by atoms with Crippen LogP contribution in [0, 0.1) is 12.7 Å². The Hall–Kier alpha value is -3.64. The Labute approximate surface area is 196 Å². The van der Waals surface area contributed by atoms with E-state index in [9.17, 15) is 9.18 Å². The van der Waals surface area contributed by atoms with Gasteiger partial charge in [0.25, 0.3) is 0 Å². The minimum Gasteiger partial charge on any atom is -0.490 e. The fourth-order valence-electron chi connectivity index (χ4n) is 3.24. The van der Waals surface area contributed by atoms with Gasteiger partial charge >= 0.3 is 5.97 Å². The van der Waals surface area contributed by atoms with Crippen LogP contribution in [0.5, 0.6) is 11.5 Å².